The molecule has 2 heterocycles. The van der Waals surface area contributed by atoms with E-state index in [-0.39, 0.29) is 5.56 Å². The van der Waals surface area contributed by atoms with Gasteiger partial charge in [0.15, 0.2) is 16.3 Å². The molecule has 1 aliphatic rings. The number of ether oxygens (including phenoxy) is 3. The van der Waals surface area contributed by atoms with Crippen LogP contribution in [0.3, 0.4) is 0 Å². The molecule has 0 bridgehead atoms. The Morgan fingerprint density at radius 1 is 1.18 bits per heavy atom. The fourth-order valence-electron chi connectivity index (χ4n) is 4.02. The van der Waals surface area contributed by atoms with Crippen molar-refractivity contribution in [1.82, 2.24) is 4.57 Å². The smallest absolute Gasteiger partial charge is 0.338 e. The minimum absolute atomic E-state index is 0.254. The molecule has 4 rings (SSSR count). The molecular weight excluding hydrogens is 520 g/mol. The average molecular weight is 543 g/mol. The Morgan fingerprint density at radius 2 is 1.91 bits per heavy atom. The van der Waals surface area contributed by atoms with E-state index in [0.29, 0.717) is 44.1 Å². The number of hydrogen-bond acceptors (Lipinski definition) is 7. The number of halogens is 1. The zero-order chi connectivity index (χ0) is 24.4. The second-order valence-electron chi connectivity index (χ2n) is 7.43. The van der Waals surface area contributed by atoms with Gasteiger partial charge in [0.1, 0.15) is 0 Å². The maximum atomic E-state index is 13.7. The van der Waals surface area contributed by atoms with E-state index in [1.807, 2.05) is 43.3 Å². The number of aromatic nitrogens is 1. The quantitative estimate of drug-likeness (QED) is 0.445. The van der Waals surface area contributed by atoms with Crippen molar-refractivity contribution < 1.29 is 19.0 Å². The fraction of sp³-hybridized carbons (Fsp3) is 0.240. The van der Waals surface area contributed by atoms with Gasteiger partial charge in [0, 0.05) is 10.0 Å². The van der Waals surface area contributed by atoms with Gasteiger partial charge in [0.2, 0.25) is 0 Å². The Labute approximate surface area is 208 Å². The Bertz CT molecular complexity index is 1460. The molecule has 34 heavy (non-hydrogen) atoms. The fourth-order valence-corrected chi connectivity index (χ4v) is 5.49. The van der Waals surface area contributed by atoms with Gasteiger partial charge >= 0.3 is 5.97 Å². The van der Waals surface area contributed by atoms with Crippen molar-refractivity contribution in [3.63, 3.8) is 0 Å². The van der Waals surface area contributed by atoms with Crippen LogP contribution in [0.1, 0.15) is 30.5 Å². The number of methoxy groups -OCH3 is 3. The van der Waals surface area contributed by atoms with Crippen LogP contribution in [0.4, 0.5) is 0 Å². The molecule has 1 aromatic heterocycles. The highest BCUT2D eigenvalue weighted by atomic mass is 79.9. The topological polar surface area (TPSA) is 79.1 Å². The number of carbonyl (C=O) groups excluding carboxylic acids is 1. The van der Waals surface area contributed by atoms with E-state index in [9.17, 15) is 9.59 Å². The maximum Gasteiger partial charge on any atom is 0.338 e. The molecule has 0 saturated heterocycles. The summed E-state index contributed by atoms with van der Waals surface area (Å²) in [7, 11) is 4.45. The largest absolute Gasteiger partial charge is 0.493 e. The van der Waals surface area contributed by atoms with Crippen LogP contribution in [0.15, 0.2) is 68.0 Å². The average Bonchev–Trinajstić information content (AvgIpc) is 3.16. The van der Waals surface area contributed by atoms with Crippen molar-refractivity contribution in [1.29, 1.82) is 0 Å². The van der Waals surface area contributed by atoms with E-state index >= 15 is 0 Å². The number of nitrogens with zero attached hydrogens (tertiary/aromatic N) is 2. The highest BCUT2D eigenvalue weighted by molar-refractivity contribution is 9.10. The second kappa shape index (κ2) is 9.99. The van der Waals surface area contributed by atoms with E-state index in [0.717, 1.165) is 10.0 Å². The summed E-state index contributed by atoms with van der Waals surface area (Å²) in [4.78, 5) is 31.8. The van der Waals surface area contributed by atoms with Crippen LogP contribution in [0.2, 0.25) is 0 Å². The van der Waals surface area contributed by atoms with E-state index in [1.165, 1.54) is 18.4 Å². The molecular formula is C25H23BrN2O5S. The normalized spacial score (nSPS) is 15.6. The van der Waals surface area contributed by atoms with Gasteiger partial charge in [0.25, 0.3) is 5.56 Å². The molecule has 176 valence electrons. The molecule has 0 unspecified atom stereocenters. The molecule has 0 fully saturated rings. The monoisotopic (exact) mass is 542 g/mol. The molecule has 1 atom stereocenters. The Kier molecular flexibility index (Phi) is 7.04. The molecule has 0 saturated carbocycles. The lowest BCUT2D eigenvalue weighted by molar-refractivity contribution is -0.136. The number of carbonyl (C=O) groups is 1. The summed E-state index contributed by atoms with van der Waals surface area (Å²) >= 11 is 4.75. The molecule has 9 heteroatoms. The second-order valence-corrected chi connectivity index (χ2v) is 9.35. The summed E-state index contributed by atoms with van der Waals surface area (Å²) in [6.45, 7) is 1.93. The van der Waals surface area contributed by atoms with Crippen LogP contribution in [0, 0.1) is 0 Å². The first-order valence-electron chi connectivity index (χ1n) is 10.5. The number of thiazole rings is 1. The maximum absolute atomic E-state index is 13.7. The van der Waals surface area contributed by atoms with Crippen LogP contribution < -0.4 is 24.4 Å². The molecule has 7 nitrogen and oxygen atoms in total. The zero-order valence-corrected chi connectivity index (χ0v) is 21.5. The van der Waals surface area contributed by atoms with Crippen LogP contribution in [0.5, 0.6) is 11.5 Å². The summed E-state index contributed by atoms with van der Waals surface area (Å²) in [5.74, 6) is 0.557. The van der Waals surface area contributed by atoms with E-state index in [2.05, 4.69) is 20.9 Å². The number of benzene rings is 2. The van der Waals surface area contributed by atoms with E-state index in [4.69, 9.17) is 14.2 Å². The van der Waals surface area contributed by atoms with Crippen LogP contribution in [-0.4, -0.2) is 31.9 Å². The predicted molar refractivity (Wildman–Crippen MR) is 134 cm³/mol. The van der Waals surface area contributed by atoms with Crippen molar-refractivity contribution in [3.05, 3.63) is 89.0 Å². The van der Waals surface area contributed by atoms with Crippen molar-refractivity contribution in [2.45, 2.75) is 19.4 Å². The van der Waals surface area contributed by atoms with Gasteiger partial charge in [-0.05, 0) is 30.2 Å². The highest BCUT2D eigenvalue weighted by Crippen LogP contribution is 2.35. The summed E-state index contributed by atoms with van der Waals surface area (Å²) < 4.78 is 18.9. The Hall–Kier alpha value is -3.17. The third kappa shape index (κ3) is 4.21. The summed E-state index contributed by atoms with van der Waals surface area (Å²) in [6.07, 6.45) is 2.28. The first kappa shape index (κ1) is 24.0. The zero-order valence-electron chi connectivity index (χ0n) is 19.1. The molecule has 0 N–H and O–H groups in total. The van der Waals surface area contributed by atoms with Crippen molar-refractivity contribution in [3.8, 4) is 11.5 Å². The predicted octanol–water partition coefficient (Wildman–Crippen LogP) is 3.58. The summed E-state index contributed by atoms with van der Waals surface area (Å²) in [5, 5.41) is 0. The molecule has 0 spiro atoms. The number of esters is 1. The number of fused-ring (bicyclic) bond motifs is 1. The minimum atomic E-state index is -0.638. The number of rotatable bonds is 6. The number of hydrogen-bond donors (Lipinski definition) is 0. The van der Waals surface area contributed by atoms with Gasteiger partial charge in [0.05, 0.1) is 43.2 Å². The first-order chi connectivity index (χ1) is 16.4. The van der Waals surface area contributed by atoms with Crippen molar-refractivity contribution in [2.75, 3.05) is 21.3 Å². The molecule has 1 aliphatic heterocycles. The highest BCUT2D eigenvalue weighted by Gasteiger charge is 2.33. The van der Waals surface area contributed by atoms with Gasteiger partial charge < -0.3 is 14.2 Å². The molecule has 2 aromatic carbocycles. The minimum Gasteiger partial charge on any atom is -0.493 e. The molecule has 0 aliphatic carbocycles. The van der Waals surface area contributed by atoms with E-state index < -0.39 is 12.0 Å². The molecule has 0 radical (unpaired) electrons. The van der Waals surface area contributed by atoms with Crippen molar-refractivity contribution in [2.24, 2.45) is 4.99 Å². The van der Waals surface area contributed by atoms with Gasteiger partial charge in [-0.2, -0.15) is 0 Å². The SMILES string of the molecule is CCC1=C(C(=O)OC)[C@@H](c2ccccc2)n2c(s/c(=C/c3cc(Br)cc(OC)c3OC)c2=O)=N1. The third-order valence-corrected chi connectivity index (χ3v) is 6.97. The summed E-state index contributed by atoms with van der Waals surface area (Å²) in [5.41, 5.74) is 2.21. The van der Waals surface area contributed by atoms with Gasteiger partial charge in [-0.1, -0.05) is 64.5 Å². The van der Waals surface area contributed by atoms with Crippen LogP contribution in [-0.2, 0) is 9.53 Å². The van der Waals surface area contributed by atoms with E-state index in [1.54, 1.807) is 30.9 Å². The summed E-state index contributed by atoms with van der Waals surface area (Å²) in [6, 6.07) is 12.4. The lowest BCUT2D eigenvalue weighted by Gasteiger charge is -2.25. The third-order valence-electron chi connectivity index (χ3n) is 5.52. The lowest BCUT2D eigenvalue weighted by atomic mass is 9.95. The van der Waals surface area contributed by atoms with Crippen LogP contribution >= 0.6 is 27.3 Å². The van der Waals surface area contributed by atoms with Crippen molar-refractivity contribution >= 4 is 39.3 Å². The number of allylic oxidation sites excluding steroid dienone is 1. The van der Waals surface area contributed by atoms with Crippen LogP contribution in [0.25, 0.3) is 6.08 Å². The van der Waals surface area contributed by atoms with Gasteiger partial charge in [-0.3, -0.25) is 9.36 Å². The van der Waals surface area contributed by atoms with Gasteiger partial charge in [-0.15, -0.1) is 0 Å². The lowest BCUT2D eigenvalue weighted by Crippen LogP contribution is -2.40. The standard InChI is InChI=1S/C25H23BrN2O5S/c1-5-17-20(24(30)33-4)21(14-9-7-6-8-10-14)28-23(29)19(34-25(28)27-17)12-15-11-16(26)13-18(31-2)22(15)32-3/h6-13,21H,5H2,1-4H3/b19-12+/t21-/m1/s1. The molecule has 3 aromatic rings. The Morgan fingerprint density at radius 3 is 2.53 bits per heavy atom. The van der Waals surface area contributed by atoms with Gasteiger partial charge in [-0.25, -0.2) is 9.79 Å². The molecule has 0 amide bonds. The Balaban J connectivity index is 2.02. The first-order valence-corrected chi connectivity index (χ1v) is 12.1.